The number of nitrogens with zero attached hydrogens (tertiary/aromatic N) is 1. The van der Waals surface area contributed by atoms with Crippen LogP contribution in [-0.2, 0) is 4.79 Å². The van der Waals surface area contributed by atoms with Crippen LogP contribution in [0.25, 0.3) is 10.2 Å². The summed E-state index contributed by atoms with van der Waals surface area (Å²) in [6.45, 7) is 5.87. The summed E-state index contributed by atoms with van der Waals surface area (Å²) in [7, 11) is 0. The minimum Gasteiger partial charge on any atom is -0.494 e. The van der Waals surface area contributed by atoms with Crippen molar-refractivity contribution in [3.05, 3.63) is 47.5 Å². The molecule has 0 atom stereocenters. The molecule has 0 fully saturated rings. The van der Waals surface area contributed by atoms with Gasteiger partial charge in [0, 0.05) is 18.2 Å². The molecule has 0 saturated heterocycles. The van der Waals surface area contributed by atoms with E-state index >= 15 is 0 Å². The number of fused-ring (bicyclic) bond motifs is 1. The molecule has 2 amide bonds. The van der Waals surface area contributed by atoms with Crippen LogP contribution in [0.4, 0.5) is 10.8 Å². The van der Waals surface area contributed by atoms with E-state index in [1.54, 1.807) is 24.3 Å². The van der Waals surface area contributed by atoms with Crippen molar-refractivity contribution in [1.29, 1.82) is 0 Å². The van der Waals surface area contributed by atoms with Gasteiger partial charge in [-0.3, -0.25) is 14.9 Å². The first kappa shape index (κ1) is 17.9. The summed E-state index contributed by atoms with van der Waals surface area (Å²) in [5.74, 6) is 0.417. The summed E-state index contributed by atoms with van der Waals surface area (Å²) in [6.07, 6.45) is 0. The van der Waals surface area contributed by atoms with Gasteiger partial charge in [-0.25, -0.2) is 4.98 Å². The zero-order chi connectivity index (χ0) is 18.7. The molecular weight excluding hydrogens is 350 g/mol. The molecule has 0 spiro atoms. The number of hydrogen-bond acceptors (Lipinski definition) is 5. The first-order valence-electron chi connectivity index (χ1n) is 8.19. The molecule has 0 bridgehead atoms. The molecule has 3 aromatic rings. The van der Waals surface area contributed by atoms with Crippen LogP contribution in [-0.4, -0.2) is 23.4 Å². The highest BCUT2D eigenvalue weighted by molar-refractivity contribution is 7.22. The highest BCUT2D eigenvalue weighted by Gasteiger charge is 2.12. The van der Waals surface area contributed by atoms with E-state index in [4.69, 9.17) is 4.74 Å². The number of rotatable bonds is 5. The Bertz CT molecular complexity index is 981. The van der Waals surface area contributed by atoms with Gasteiger partial charge in [0.25, 0.3) is 5.91 Å². The Morgan fingerprint density at radius 3 is 2.65 bits per heavy atom. The third kappa shape index (κ3) is 4.00. The Morgan fingerprint density at radius 2 is 1.96 bits per heavy atom. The molecule has 7 heteroatoms. The summed E-state index contributed by atoms with van der Waals surface area (Å²) >= 11 is 1.36. The van der Waals surface area contributed by atoms with Crippen LogP contribution in [0.1, 0.15) is 29.8 Å². The maximum atomic E-state index is 12.5. The molecule has 134 valence electrons. The highest BCUT2D eigenvalue weighted by atomic mass is 32.1. The molecule has 0 aliphatic carbocycles. The van der Waals surface area contributed by atoms with Crippen molar-refractivity contribution in [2.45, 2.75) is 20.8 Å². The number of aryl methyl sites for hydroxylation is 1. The predicted octanol–water partition coefficient (Wildman–Crippen LogP) is 4.21. The van der Waals surface area contributed by atoms with Crippen LogP contribution < -0.4 is 15.4 Å². The minimum absolute atomic E-state index is 0.131. The zero-order valence-electron chi connectivity index (χ0n) is 14.8. The molecule has 0 aliphatic rings. The van der Waals surface area contributed by atoms with Crippen LogP contribution in [0.3, 0.4) is 0 Å². The lowest BCUT2D eigenvalue weighted by molar-refractivity contribution is -0.114. The lowest BCUT2D eigenvalue weighted by atomic mass is 10.1. The first-order valence-corrected chi connectivity index (χ1v) is 9.01. The molecule has 6 nitrogen and oxygen atoms in total. The number of anilines is 2. The number of thiazole rings is 1. The van der Waals surface area contributed by atoms with Crippen molar-refractivity contribution in [2.24, 2.45) is 0 Å². The van der Waals surface area contributed by atoms with E-state index in [1.807, 2.05) is 26.0 Å². The van der Waals surface area contributed by atoms with Crippen LogP contribution in [0.2, 0.25) is 0 Å². The van der Waals surface area contributed by atoms with Gasteiger partial charge in [0.2, 0.25) is 5.91 Å². The third-order valence-electron chi connectivity index (χ3n) is 3.67. The Kier molecular flexibility index (Phi) is 5.18. The van der Waals surface area contributed by atoms with Crippen molar-refractivity contribution in [3.63, 3.8) is 0 Å². The van der Waals surface area contributed by atoms with E-state index in [0.717, 1.165) is 21.5 Å². The van der Waals surface area contributed by atoms with Crippen molar-refractivity contribution in [3.8, 4) is 5.75 Å². The van der Waals surface area contributed by atoms with Gasteiger partial charge in [-0.05, 0) is 55.8 Å². The zero-order valence-corrected chi connectivity index (χ0v) is 15.6. The lowest BCUT2D eigenvalue weighted by Gasteiger charge is -2.08. The molecule has 3 rings (SSSR count). The van der Waals surface area contributed by atoms with Gasteiger partial charge in [0.15, 0.2) is 5.13 Å². The van der Waals surface area contributed by atoms with Crippen molar-refractivity contribution >= 4 is 44.2 Å². The molecule has 1 aromatic heterocycles. The van der Waals surface area contributed by atoms with Crippen molar-refractivity contribution in [2.75, 3.05) is 17.2 Å². The van der Waals surface area contributed by atoms with E-state index in [2.05, 4.69) is 15.6 Å². The summed E-state index contributed by atoms with van der Waals surface area (Å²) in [6, 6.07) is 10.8. The van der Waals surface area contributed by atoms with E-state index in [1.165, 1.54) is 18.3 Å². The van der Waals surface area contributed by atoms with Gasteiger partial charge >= 0.3 is 0 Å². The topological polar surface area (TPSA) is 80.3 Å². The number of amides is 2. The van der Waals surface area contributed by atoms with Gasteiger partial charge < -0.3 is 10.1 Å². The molecule has 0 radical (unpaired) electrons. The average Bonchev–Trinajstić information content (AvgIpc) is 2.97. The number of ether oxygens (including phenoxy) is 1. The first-order chi connectivity index (χ1) is 12.5. The maximum Gasteiger partial charge on any atom is 0.257 e. The quantitative estimate of drug-likeness (QED) is 0.706. The summed E-state index contributed by atoms with van der Waals surface area (Å²) in [5.41, 5.74) is 2.92. The second-order valence-electron chi connectivity index (χ2n) is 5.75. The van der Waals surface area contributed by atoms with E-state index in [0.29, 0.717) is 23.0 Å². The second kappa shape index (κ2) is 7.53. The van der Waals surface area contributed by atoms with E-state index < -0.39 is 0 Å². The fourth-order valence-electron chi connectivity index (χ4n) is 2.54. The maximum absolute atomic E-state index is 12.5. The lowest BCUT2D eigenvalue weighted by Crippen LogP contribution is -2.12. The van der Waals surface area contributed by atoms with Crippen LogP contribution in [0.5, 0.6) is 5.75 Å². The normalized spacial score (nSPS) is 10.6. The fourth-order valence-corrected chi connectivity index (χ4v) is 3.44. The Morgan fingerprint density at radius 1 is 1.15 bits per heavy atom. The Hall–Kier alpha value is -2.93. The summed E-state index contributed by atoms with van der Waals surface area (Å²) in [4.78, 5) is 28.1. The van der Waals surface area contributed by atoms with Crippen molar-refractivity contribution < 1.29 is 14.3 Å². The standard InChI is InChI=1S/C19H19N3O3S/c1-4-25-16-8-5-13(9-11(16)2)18(24)22-19-21-15-7-6-14(20-12(3)23)10-17(15)26-19/h5-10H,4H2,1-3H3,(H,20,23)(H,21,22,24). The Balaban J connectivity index is 1.78. The van der Waals surface area contributed by atoms with E-state index in [-0.39, 0.29) is 11.8 Å². The SMILES string of the molecule is CCOc1ccc(C(=O)Nc2nc3ccc(NC(C)=O)cc3s2)cc1C. The number of aromatic nitrogens is 1. The number of carbonyl (C=O) groups is 2. The fraction of sp³-hybridized carbons (Fsp3) is 0.211. The summed E-state index contributed by atoms with van der Waals surface area (Å²) in [5, 5.41) is 6.07. The van der Waals surface area contributed by atoms with Gasteiger partial charge in [0.1, 0.15) is 5.75 Å². The molecule has 1 heterocycles. The van der Waals surface area contributed by atoms with E-state index in [9.17, 15) is 9.59 Å². The molecule has 26 heavy (non-hydrogen) atoms. The molecule has 2 aromatic carbocycles. The van der Waals surface area contributed by atoms with Gasteiger partial charge in [0.05, 0.1) is 16.8 Å². The van der Waals surface area contributed by atoms with Crippen molar-refractivity contribution in [1.82, 2.24) is 4.98 Å². The van der Waals surface area contributed by atoms with Gasteiger partial charge in [-0.2, -0.15) is 0 Å². The monoisotopic (exact) mass is 369 g/mol. The Labute approximate surface area is 155 Å². The summed E-state index contributed by atoms with van der Waals surface area (Å²) < 4.78 is 6.38. The van der Waals surface area contributed by atoms with Gasteiger partial charge in [-0.15, -0.1) is 0 Å². The van der Waals surface area contributed by atoms with Crippen LogP contribution in [0, 0.1) is 6.92 Å². The highest BCUT2D eigenvalue weighted by Crippen LogP contribution is 2.29. The molecule has 0 aliphatic heterocycles. The molecule has 2 N–H and O–H groups in total. The van der Waals surface area contributed by atoms with Crippen LogP contribution >= 0.6 is 11.3 Å². The van der Waals surface area contributed by atoms with Gasteiger partial charge in [-0.1, -0.05) is 11.3 Å². The molecular formula is C19H19N3O3S. The number of benzene rings is 2. The smallest absolute Gasteiger partial charge is 0.257 e. The largest absolute Gasteiger partial charge is 0.494 e. The molecule has 0 saturated carbocycles. The second-order valence-corrected chi connectivity index (χ2v) is 6.78. The third-order valence-corrected chi connectivity index (χ3v) is 4.60. The van der Waals surface area contributed by atoms with Crippen LogP contribution in [0.15, 0.2) is 36.4 Å². The number of hydrogen-bond donors (Lipinski definition) is 2. The molecule has 0 unspecified atom stereocenters. The number of nitrogens with one attached hydrogen (secondary N) is 2. The average molecular weight is 369 g/mol. The number of carbonyl (C=O) groups excluding carboxylic acids is 2. The minimum atomic E-state index is -0.225. The predicted molar refractivity (Wildman–Crippen MR) is 104 cm³/mol.